The van der Waals surface area contributed by atoms with Gasteiger partial charge in [0.15, 0.2) is 0 Å². The summed E-state index contributed by atoms with van der Waals surface area (Å²) in [5.41, 5.74) is -1.23. The number of carboxylic acid groups (broad SMARTS) is 1. The molecular weight excluding hydrogens is 286 g/mol. The zero-order chi connectivity index (χ0) is 14.5. The highest BCUT2D eigenvalue weighted by Gasteiger charge is 2.33. The number of nitrogens with one attached hydrogen (secondary N) is 1. The third-order valence-electron chi connectivity index (χ3n) is 2.61. The first-order chi connectivity index (χ1) is 8.87. The molecule has 0 aromatic carbocycles. The molecule has 0 saturated carbocycles. The lowest BCUT2D eigenvalue weighted by Crippen LogP contribution is -2.51. The van der Waals surface area contributed by atoms with Gasteiger partial charge in [-0.3, -0.25) is 4.79 Å². The van der Waals surface area contributed by atoms with Crippen molar-refractivity contribution in [3.63, 3.8) is 0 Å². The summed E-state index contributed by atoms with van der Waals surface area (Å²) in [6.45, 7) is 3.38. The number of carboxylic acids is 1. The van der Waals surface area contributed by atoms with Crippen molar-refractivity contribution in [2.24, 2.45) is 0 Å². The van der Waals surface area contributed by atoms with Gasteiger partial charge in [-0.05, 0) is 31.6 Å². The number of aliphatic carboxylic acids is 1. The molecule has 0 bridgehead atoms. The van der Waals surface area contributed by atoms with Crippen molar-refractivity contribution >= 4 is 40.9 Å². The van der Waals surface area contributed by atoms with E-state index < -0.39 is 17.4 Å². The van der Waals surface area contributed by atoms with Gasteiger partial charge in [-0.15, -0.1) is 11.3 Å². The molecule has 0 fully saturated rings. The molecule has 1 aromatic heterocycles. The molecule has 6 heteroatoms. The average Bonchev–Trinajstić information content (AvgIpc) is 2.72. The number of carbonyl (C=O) groups excluding carboxylic acids is 1. The fourth-order valence-electron chi connectivity index (χ4n) is 1.61. The fraction of sp³-hybridized carbons (Fsp3) is 0.385. The van der Waals surface area contributed by atoms with Gasteiger partial charge in [0.1, 0.15) is 5.54 Å². The van der Waals surface area contributed by atoms with E-state index in [1.54, 1.807) is 18.2 Å². The number of amides is 1. The number of halogens is 1. The quantitative estimate of drug-likeness (QED) is 0.793. The minimum Gasteiger partial charge on any atom is -0.480 e. The van der Waals surface area contributed by atoms with Crippen molar-refractivity contribution in [1.82, 2.24) is 5.32 Å². The van der Waals surface area contributed by atoms with E-state index in [0.717, 1.165) is 4.88 Å². The SMILES string of the molecule is CCCC(C)(NC(=O)/C=C/c1ccc(Cl)s1)C(=O)O. The van der Waals surface area contributed by atoms with Crippen molar-refractivity contribution < 1.29 is 14.7 Å². The van der Waals surface area contributed by atoms with Crippen LogP contribution in [0.2, 0.25) is 4.34 Å². The van der Waals surface area contributed by atoms with Crippen molar-refractivity contribution in [3.8, 4) is 0 Å². The molecule has 0 radical (unpaired) electrons. The van der Waals surface area contributed by atoms with E-state index in [0.29, 0.717) is 17.2 Å². The van der Waals surface area contributed by atoms with E-state index in [9.17, 15) is 9.59 Å². The van der Waals surface area contributed by atoms with E-state index in [1.807, 2.05) is 6.92 Å². The van der Waals surface area contributed by atoms with Crippen LogP contribution in [-0.4, -0.2) is 22.5 Å². The molecule has 19 heavy (non-hydrogen) atoms. The maximum atomic E-state index is 11.7. The Balaban J connectivity index is 2.68. The standard InChI is InChI=1S/C13H16ClNO3S/c1-3-8-13(2,12(17)18)15-11(16)7-5-9-4-6-10(14)19-9/h4-7H,3,8H2,1-2H3,(H,15,16)(H,17,18)/b7-5+. The van der Waals surface area contributed by atoms with Gasteiger partial charge in [-0.1, -0.05) is 24.9 Å². The molecule has 104 valence electrons. The molecule has 0 aliphatic carbocycles. The second-order valence-corrected chi connectivity index (χ2v) is 6.10. The second kappa shape index (κ2) is 6.73. The highest BCUT2D eigenvalue weighted by Crippen LogP contribution is 2.22. The molecule has 1 rings (SSSR count). The monoisotopic (exact) mass is 301 g/mol. The smallest absolute Gasteiger partial charge is 0.329 e. The van der Waals surface area contributed by atoms with Crippen LogP contribution in [0.3, 0.4) is 0 Å². The number of hydrogen-bond donors (Lipinski definition) is 2. The minimum absolute atomic E-state index is 0.382. The topological polar surface area (TPSA) is 66.4 Å². The Kier molecular flexibility index (Phi) is 5.57. The van der Waals surface area contributed by atoms with Crippen LogP contribution in [0.25, 0.3) is 6.08 Å². The predicted octanol–water partition coefficient (Wildman–Crippen LogP) is 3.17. The summed E-state index contributed by atoms with van der Waals surface area (Å²) in [4.78, 5) is 23.7. The molecule has 0 aliphatic heterocycles. The summed E-state index contributed by atoms with van der Waals surface area (Å²) >= 11 is 7.12. The Labute approximate surface area is 121 Å². The lowest BCUT2D eigenvalue weighted by Gasteiger charge is -2.24. The summed E-state index contributed by atoms with van der Waals surface area (Å²) < 4.78 is 0.640. The maximum Gasteiger partial charge on any atom is 0.329 e. The first kappa shape index (κ1) is 15.7. The third-order valence-corrected chi connectivity index (χ3v) is 3.81. The Morgan fingerprint density at radius 3 is 2.68 bits per heavy atom. The van der Waals surface area contributed by atoms with E-state index in [-0.39, 0.29) is 0 Å². The van der Waals surface area contributed by atoms with Gasteiger partial charge in [0.05, 0.1) is 4.34 Å². The number of thiophene rings is 1. The van der Waals surface area contributed by atoms with Crippen molar-refractivity contribution in [2.75, 3.05) is 0 Å². The number of carbonyl (C=O) groups is 2. The maximum absolute atomic E-state index is 11.7. The van der Waals surface area contributed by atoms with Crippen LogP contribution in [0.5, 0.6) is 0 Å². The Morgan fingerprint density at radius 1 is 1.53 bits per heavy atom. The number of hydrogen-bond acceptors (Lipinski definition) is 3. The summed E-state index contributed by atoms with van der Waals surface area (Å²) in [5.74, 6) is -1.46. The van der Waals surface area contributed by atoms with Crippen LogP contribution < -0.4 is 5.32 Å². The molecule has 1 amide bonds. The Bertz CT molecular complexity index is 498. The molecule has 4 nitrogen and oxygen atoms in total. The lowest BCUT2D eigenvalue weighted by molar-refractivity contribution is -0.146. The molecule has 1 atom stereocenters. The van der Waals surface area contributed by atoms with Crippen molar-refractivity contribution in [1.29, 1.82) is 0 Å². The molecule has 1 unspecified atom stereocenters. The zero-order valence-corrected chi connectivity index (χ0v) is 12.3. The summed E-state index contributed by atoms with van der Waals surface area (Å²) in [5, 5.41) is 11.7. The van der Waals surface area contributed by atoms with Crippen LogP contribution in [0.15, 0.2) is 18.2 Å². The number of rotatable bonds is 6. The van der Waals surface area contributed by atoms with Gasteiger partial charge >= 0.3 is 5.97 Å². The summed E-state index contributed by atoms with van der Waals surface area (Å²) in [7, 11) is 0. The zero-order valence-electron chi connectivity index (χ0n) is 10.8. The van der Waals surface area contributed by atoms with Crippen LogP contribution in [0.4, 0.5) is 0 Å². The van der Waals surface area contributed by atoms with Gasteiger partial charge in [0.25, 0.3) is 0 Å². The largest absolute Gasteiger partial charge is 0.480 e. The van der Waals surface area contributed by atoms with Crippen LogP contribution in [0, 0.1) is 0 Å². The molecule has 0 aliphatic rings. The minimum atomic E-state index is -1.23. The molecule has 0 saturated heterocycles. The normalized spacial score (nSPS) is 14.3. The summed E-state index contributed by atoms with van der Waals surface area (Å²) in [6, 6.07) is 3.53. The van der Waals surface area contributed by atoms with E-state index in [4.69, 9.17) is 16.7 Å². The van der Waals surface area contributed by atoms with Gasteiger partial charge in [-0.25, -0.2) is 4.79 Å². The highest BCUT2D eigenvalue weighted by atomic mass is 35.5. The molecule has 2 N–H and O–H groups in total. The van der Waals surface area contributed by atoms with Gasteiger partial charge < -0.3 is 10.4 Å². The van der Waals surface area contributed by atoms with E-state index >= 15 is 0 Å². The molecular formula is C13H16ClNO3S. The van der Waals surface area contributed by atoms with Crippen LogP contribution in [-0.2, 0) is 9.59 Å². The highest BCUT2D eigenvalue weighted by molar-refractivity contribution is 7.17. The molecule has 1 heterocycles. The summed E-state index contributed by atoms with van der Waals surface area (Å²) in [6.07, 6.45) is 3.99. The van der Waals surface area contributed by atoms with E-state index in [1.165, 1.54) is 24.3 Å². The third kappa shape index (κ3) is 4.69. The molecule has 1 aromatic rings. The molecule has 0 spiro atoms. The lowest BCUT2D eigenvalue weighted by atomic mass is 9.96. The predicted molar refractivity (Wildman–Crippen MR) is 77.5 cm³/mol. The fourth-order valence-corrected chi connectivity index (χ4v) is 2.58. The van der Waals surface area contributed by atoms with Crippen LogP contribution >= 0.6 is 22.9 Å². The Hall–Kier alpha value is -1.33. The van der Waals surface area contributed by atoms with E-state index in [2.05, 4.69) is 5.32 Å². The average molecular weight is 302 g/mol. The van der Waals surface area contributed by atoms with Crippen molar-refractivity contribution in [2.45, 2.75) is 32.2 Å². The second-order valence-electron chi connectivity index (χ2n) is 4.35. The van der Waals surface area contributed by atoms with Gasteiger partial charge in [0, 0.05) is 11.0 Å². The van der Waals surface area contributed by atoms with Crippen LogP contribution in [0.1, 0.15) is 31.6 Å². The van der Waals surface area contributed by atoms with Crippen molar-refractivity contribution in [3.05, 3.63) is 27.4 Å². The Morgan fingerprint density at radius 2 is 2.21 bits per heavy atom. The first-order valence-corrected chi connectivity index (χ1v) is 7.06. The van der Waals surface area contributed by atoms with Gasteiger partial charge in [-0.2, -0.15) is 0 Å². The van der Waals surface area contributed by atoms with Gasteiger partial charge in [0.2, 0.25) is 5.91 Å². The first-order valence-electron chi connectivity index (χ1n) is 5.86.